The minimum Gasteiger partial charge on any atom is -0.303 e. The van der Waals surface area contributed by atoms with E-state index in [9.17, 15) is 4.79 Å². The lowest BCUT2D eigenvalue weighted by Gasteiger charge is -2.14. The Morgan fingerprint density at radius 3 is 2.83 bits per heavy atom. The lowest BCUT2D eigenvalue weighted by molar-refractivity contribution is -0.114. The molecule has 0 atom stereocenters. The highest BCUT2D eigenvalue weighted by Crippen LogP contribution is 2.27. The van der Waals surface area contributed by atoms with Gasteiger partial charge in [0.1, 0.15) is 6.29 Å². The molecule has 2 nitrogen and oxygen atoms in total. The van der Waals surface area contributed by atoms with E-state index < -0.39 is 0 Å². The molecule has 0 fully saturated rings. The zero-order chi connectivity index (χ0) is 9.19. The number of carbonyl (C=O) groups excluding carboxylic acids is 1. The lowest BCUT2D eigenvalue weighted by Crippen LogP contribution is -2.15. The summed E-state index contributed by atoms with van der Waals surface area (Å²) in [6, 6.07) is 0. The SMILES string of the molecule is CC(C)(C=O)Cc1sncc1Br. The van der Waals surface area contributed by atoms with Gasteiger partial charge in [-0.15, -0.1) is 0 Å². The first-order valence-corrected chi connectivity index (χ1v) is 5.17. The average Bonchev–Trinajstić information content (AvgIpc) is 2.36. The van der Waals surface area contributed by atoms with Gasteiger partial charge in [-0.3, -0.25) is 0 Å². The molecule has 0 saturated carbocycles. The largest absolute Gasteiger partial charge is 0.303 e. The second-order valence-electron chi connectivity index (χ2n) is 3.38. The number of hydrogen-bond acceptors (Lipinski definition) is 3. The molecule has 0 N–H and O–H groups in total. The van der Waals surface area contributed by atoms with Crippen LogP contribution in [-0.2, 0) is 11.2 Å². The minimum absolute atomic E-state index is 0.283. The summed E-state index contributed by atoms with van der Waals surface area (Å²) in [4.78, 5) is 11.8. The number of halogens is 1. The molecule has 1 aromatic rings. The van der Waals surface area contributed by atoms with Gasteiger partial charge in [-0.05, 0) is 33.9 Å². The van der Waals surface area contributed by atoms with E-state index in [1.54, 1.807) is 6.20 Å². The van der Waals surface area contributed by atoms with Crippen LogP contribution in [-0.4, -0.2) is 10.7 Å². The van der Waals surface area contributed by atoms with Crippen molar-refractivity contribution in [3.8, 4) is 0 Å². The molecule has 0 aliphatic carbocycles. The van der Waals surface area contributed by atoms with Crippen molar-refractivity contribution in [1.82, 2.24) is 4.37 Å². The van der Waals surface area contributed by atoms with E-state index in [-0.39, 0.29) is 5.41 Å². The number of aromatic nitrogens is 1. The average molecular weight is 248 g/mol. The van der Waals surface area contributed by atoms with Crippen LogP contribution in [0.5, 0.6) is 0 Å². The maximum absolute atomic E-state index is 10.6. The van der Waals surface area contributed by atoms with Crippen LogP contribution in [0.15, 0.2) is 10.7 Å². The quantitative estimate of drug-likeness (QED) is 0.770. The van der Waals surface area contributed by atoms with Crippen LogP contribution in [0.25, 0.3) is 0 Å². The molecule has 4 heteroatoms. The third-order valence-corrected chi connectivity index (χ3v) is 3.27. The molecule has 0 bridgehead atoms. The smallest absolute Gasteiger partial charge is 0.125 e. The van der Waals surface area contributed by atoms with E-state index in [2.05, 4.69) is 20.3 Å². The summed E-state index contributed by atoms with van der Waals surface area (Å²) in [7, 11) is 0. The first kappa shape index (κ1) is 9.86. The van der Waals surface area contributed by atoms with Gasteiger partial charge in [0.25, 0.3) is 0 Å². The van der Waals surface area contributed by atoms with E-state index in [0.717, 1.165) is 22.1 Å². The zero-order valence-corrected chi connectivity index (χ0v) is 9.41. The Balaban J connectivity index is 2.76. The highest BCUT2D eigenvalue weighted by Gasteiger charge is 2.19. The number of carbonyl (C=O) groups is 1. The predicted octanol–water partition coefficient (Wildman–Crippen LogP) is 2.67. The highest BCUT2D eigenvalue weighted by molar-refractivity contribution is 9.10. The normalized spacial score (nSPS) is 11.6. The van der Waals surface area contributed by atoms with Gasteiger partial charge < -0.3 is 4.79 Å². The lowest BCUT2D eigenvalue weighted by atomic mass is 9.91. The molecule has 1 heterocycles. The van der Waals surface area contributed by atoms with Crippen LogP contribution in [0.4, 0.5) is 0 Å². The monoisotopic (exact) mass is 247 g/mol. The van der Waals surface area contributed by atoms with E-state index >= 15 is 0 Å². The van der Waals surface area contributed by atoms with Gasteiger partial charge in [0.15, 0.2) is 0 Å². The van der Waals surface area contributed by atoms with Crippen molar-refractivity contribution >= 4 is 33.7 Å². The first-order valence-electron chi connectivity index (χ1n) is 3.60. The standard InChI is InChI=1S/C8H10BrNOS/c1-8(2,5-11)3-7-6(9)4-10-12-7/h4-5H,3H2,1-2H3. The Morgan fingerprint density at radius 2 is 2.42 bits per heavy atom. The van der Waals surface area contributed by atoms with Crippen LogP contribution in [0.3, 0.4) is 0 Å². The fourth-order valence-electron chi connectivity index (χ4n) is 0.824. The van der Waals surface area contributed by atoms with Crippen molar-refractivity contribution in [1.29, 1.82) is 0 Å². The molecule has 0 aliphatic rings. The van der Waals surface area contributed by atoms with Crippen molar-refractivity contribution in [2.75, 3.05) is 0 Å². The molecule has 0 aromatic carbocycles. The van der Waals surface area contributed by atoms with Crippen LogP contribution in [0.2, 0.25) is 0 Å². The summed E-state index contributed by atoms with van der Waals surface area (Å²) >= 11 is 4.82. The van der Waals surface area contributed by atoms with E-state index in [4.69, 9.17) is 0 Å². The summed E-state index contributed by atoms with van der Waals surface area (Å²) in [6.07, 6.45) is 3.50. The van der Waals surface area contributed by atoms with E-state index in [1.165, 1.54) is 11.5 Å². The molecule has 66 valence electrons. The van der Waals surface area contributed by atoms with E-state index in [0.29, 0.717) is 0 Å². The molecule has 0 aliphatic heterocycles. The summed E-state index contributed by atoms with van der Waals surface area (Å²) in [5.74, 6) is 0. The predicted molar refractivity (Wildman–Crippen MR) is 53.4 cm³/mol. The van der Waals surface area contributed by atoms with Gasteiger partial charge in [-0.25, -0.2) is 0 Å². The fraction of sp³-hybridized carbons (Fsp3) is 0.500. The van der Waals surface area contributed by atoms with Gasteiger partial charge in [-0.2, -0.15) is 4.37 Å². The van der Waals surface area contributed by atoms with Crippen molar-refractivity contribution in [2.24, 2.45) is 5.41 Å². The van der Waals surface area contributed by atoms with Crippen LogP contribution in [0.1, 0.15) is 18.7 Å². The van der Waals surface area contributed by atoms with Gasteiger partial charge in [-0.1, -0.05) is 13.8 Å². The number of nitrogens with zero attached hydrogens (tertiary/aromatic N) is 1. The number of aldehydes is 1. The van der Waals surface area contributed by atoms with Gasteiger partial charge in [0.2, 0.25) is 0 Å². The summed E-state index contributed by atoms with van der Waals surface area (Å²) in [6.45, 7) is 3.85. The van der Waals surface area contributed by atoms with Gasteiger partial charge in [0.05, 0.1) is 10.7 Å². The van der Waals surface area contributed by atoms with Crippen molar-refractivity contribution in [3.05, 3.63) is 15.5 Å². The fourth-order valence-corrected chi connectivity index (χ4v) is 2.28. The van der Waals surface area contributed by atoms with Gasteiger partial charge >= 0.3 is 0 Å². The minimum atomic E-state index is -0.283. The van der Waals surface area contributed by atoms with Gasteiger partial charge in [0, 0.05) is 10.3 Å². The maximum Gasteiger partial charge on any atom is 0.125 e. The molecular weight excluding hydrogens is 238 g/mol. The topological polar surface area (TPSA) is 30.0 Å². The van der Waals surface area contributed by atoms with Crippen molar-refractivity contribution in [2.45, 2.75) is 20.3 Å². The molecule has 0 unspecified atom stereocenters. The molecule has 0 saturated heterocycles. The van der Waals surface area contributed by atoms with Crippen molar-refractivity contribution < 1.29 is 4.79 Å². The molecular formula is C8H10BrNOS. The Morgan fingerprint density at radius 1 is 1.75 bits per heavy atom. The summed E-state index contributed by atoms with van der Waals surface area (Å²) in [5.41, 5.74) is -0.283. The molecule has 0 radical (unpaired) electrons. The third-order valence-electron chi connectivity index (χ3n) is 1.53. The highest BCUT2D eigenvalue weighted by atomic mass is 79.9. The van der Waals surface area contributed by atoms with Crippen LogP contribution in [0, 0.1) is 5.41 Å². The van der Waals surface area contributed by atoms with Crippen LogP contribution < -0.4 is 0 Å². The maximum atomic E-state index is 10.6. The second-order valence-corrected chi connectivity index (χ2v) is 5.12. The second kappa shape index (κ2) is 3.66. The first-order chi connectivity index (χ1) is 5.55. The summed E-state index contributed by atoms with van der Waals surface area (Å²) in [5, 5.41) is 0. The third kappa shape index (κ3) is 2.38. The zero-order valence-electron chi connectivity index (χ0n) is 7.00. The molecule has 0 spiro atoms. The summed E-state index contributed by atoms with van der Waals surface area (Å²) < 4.78 is 5.02. The number of hydrogen-bond donors (Lipinski definition) is 0. The molecule has 1 aromatic heterocycles. The molecule has 12 heavy (non-hydrogen) atoms. The Labute approximate surface area is 84.3 Å². The van der Waals surface area contributed by atoms with Crippen molar-refractivity contribution in [3.63, 3.8) is 0 Å². The van der Waals surface area contributed by atoms with E-state index in [1.807, 2.05) is 13.8 Å². The molecule has 0 amide bonds. The Hall–Kier alpha value is -0.220. The number of rotatable bonds is 3. The Kier molecular flexibility index (Phi) is 3.01. The Bertz CT molecular complexity index is 282. The molecule has 1 rings (SSSR count). The van der Waals surface area contributed by atoms with Crippen LogP contribution >= 0.6 is 27.5 Å².